The van der Waals surface area contributed by atoms with Crippen LogP contribution in [0, 0.1) is 0 Å². The first-order valence-corrected chi connectivity index (χ1v) is 19.7. The molecule has 0 radical (unpaired) electrons. The van der Waals surface area contributed by atoms with Crippen molar-refractivity contribution in [3.63, 3.8) is 0 Å². The van der Waals surface area contributed by atoms with E-state index in [0.717, 1.165) is 28.9 Å². The largest absolute Gasteiger partial charge is 0.336 e. The molecule has 5 nitrogen and oxygen atoms in total. The van der Waals surface area contributed by atoms with Crippen LogP contribution in [-0.2, 0) is 17.4 Å². The molecule has 0 saturated carbocycles. The van der Waals surface area contributed by atoms with Gasteiger partial charge in [0.05, 0.1) is 11.4 Å². The van der Waals surface area contributed by atoms with Crippen molar-refractivity contribution in [2.45, 2.75) is 45.1 Å². The number of benzene rings is 7. The maximum atomic E-state index is 5.11. The molecular formula is C52H43N5. The number of anilines is 5. The van der Waals surface area contributed by atoms with Gasteiger partial charge in [-0.3, -0.25) is 0 Å². The van der Waals surface area contributed by atoms with Crippen molar-refractivity contribution in [1.82, 2.24) is 15.0 Å². The summed E-state index contributed by atoms with van der Waals surface area (Å²) in [6.45, 7) is 10.0. The van der Waals surface area contributed by atoms with Gasteiger partial charge in [-0.25, -0.2) is 15.0 Å². The number of aromatic nitrogens is 3. The smallest absolute Gasteiger partial charge is 0.164 e. The molecule has 0 atom stereocenters. The lowest BCUT2D eigenvalue weighted by Crippen LogP contribution is -2.32. The summed E-state index contributed by atoms with van der Waals surface area (Å²) in [4.78, 5) is 20.0. The Labute approximate surface area is 335 Å². The maximum Gasteiger partial charge on any atom is 0.164 e. The Kier molecular flexibility index (Phi) is 8.15. The summed E-state index contributed by atoms with van der Waals surface area (Å²) in [6, 6.07) is 62.6. The van der Waals surface area contributed by atoms with Gasteiger partial charge in [-0.2, -0.15) is 0 Å². The van der Waals surface area contributed by atoms with E-state index in [0.29, 0.717) is 17.5 Å². The van der Waals surface area contributed by atoms with E-state index in [-0.39, 0.29) is 10.8 Å². The van der Waals surface area contributed by atoms with Crippen molar-refractivity contribution in [3.05, 3.63) is 204 Å². The molecule has 3 heterocycles. The standard InChI is InChI=1S/C52H43N5/c1-51(2)40-18-8-12-22-44(40)56(45-23-13-9-19-41(45)51)34-35-26-28-37(29-27-35)49-53-48(36-16-6-5-7-17-36)54-50(55-49)38-30-32-39(33-31-38)57-46-24-14-10-20-42(46)52(3,4)43-21-11-15-25-47(43)57/h5-33H,34H2,1-4H3. The Balaban J connectivity index is 1.00. The zero-order valence-electron chi connectivity index (χ0n) is 32.7. The second-order valence-corrected chi connectivity index (χ2v) is 16.2. The van der Waals surface area contributed by atoms with Gasteiger partial charge in [0.2, 0.25) is 0 Å². The van der Waals surface area contributed by atoms with Gasteiger partial charge in [0.25, 0.3) is 0 Å². The Hall–Kier alpha value is -6.85. The van der Waals surface area contributed by atoms with Crippen LogP contribution in [0.15, 0.2) is 176 Å². The van der Waals surface area contributed by atoms with Crippen LogP contribution < -0.4 is 9.80 Å². The summed E-state index contributed by atoms with van der Waals surface area (Å²) in [5, 5.41) is 0. The van der Waals surface area contributed by atoms with Crippen LogP contribution in [-0.4, -0.2) is 15.0 Å². The van der Waals surface area contributed by atoms with Crippen molar-refractivity contribution in [3.8, 4) is 34.2 Å². The van der Waals surface area contributed by atoms with Gasteiger partial charge in [0, 0.05) is 51.1 Å². The van der Waals surface area contributed by atoms with Gasteiger partial charge in [-0.05, 0) is 76.3 Å². The van der Waals surface area contributed by atoms with Gasteiger partial charge < -0.3 is 9.80 Å². The lowest BCUT2D eigenvalue weighted by molar-refractivity contribution is 0.623. The van der Waals surface area contributed by atoms with E-state index in [4.69, 9.17) is 15.0 Å². The highest BCUT2D eigenvalue weighted by Gasteiger charge is 2.37. The molecule has 0 aliphatic carbocycles. The van der Waals surface area contributed by atoms with E-state index >= 15 is 0 Å². The van der Waals surface area contributed by atoms with Crippen LogP contribution in [0.3, 0.4) is 0 Å². The second-order valence-electron chi connectivity index (χ2n) is 16.2. The molecule has 0 amide bonds. The van der Waals surface area contributed by atoms with E-state index in [1.54, 1.807) is 0 Å². The molecule has 5 heteroatoms. The first-order chi connectivity index (χ1) is 27.8. The van der Waals surface area contributed by atoms with Crippen LogP contribution in [0.5, 0.6) is 0 Å². The number of fused-ring (bicyclic) bond motifs is 4. The van der Waals surface area contributed by atoms with E-state index < -0.39 is 0 Å². The molecular weight excluding hydrogens is 695 g/mol. The molecule has 8 aromatic rings. The van der Waals surface area contributed by atoms with E-state index in [2.05, 4.69) is 195 Å². The molecule has 57 heavy (non-hydrogen) atoms. The molecule has 2 aliphatic heterocycles. The quantitative estimate of drug-likeness (QED) is 0.170. The second kappa shape index (κ2) is 13.4. The normalized spacial score (nSPS) is 14.6. The lowest BCUT2D eigenvalue weighted by atomic mass is 9.73. The van der Waals surface area contributed by atoms with Crippen molar-refractivity contribution >= 4 is 28.4 Å². The van der Waals surface area contributed by atoms with Crippen LogP contribution >= 0.6 is 0 Å². The zero-order chi connectivity index (χ0) is 38.7. The summed E-state index contributed by atoms with van der Waals surface area (Å²) in [6.07, 6.45) is 0. The Morgan fingerprint density at radius 2 is 0.719 bits per heavy atom. The first-order valence-electron chi connectivity index (χ1n) is 19.7. The Morgan fingerprint density at radius 3 is 1.18 bits per heavy atom. The SMILES string of the molecule is CC1(C)c2ccccc2N(Cc2ccc(-c3nc(-c4ccccc4)nc(-c4ccc(N5c6ccccc6C(C)(C)c6ccccc65)cc4)n3)cc2)c2ccccc21. The lowest BCUT2D eigenvalue weighted by Gasteiger charge is -2.42. The Bertz CT molecular complexity index is 2670. The van der Waals surface area contributed by atoms with E-state index in [1.165, 1.54) is 50.6 Å². The minimum Gasteiger partial charge on any atom is -0.336 e. The predicted molar refractivity (Wildman–Crippen MR) is 234 cm³/mol. The molecule has 0 spiro atoms. The highest BCUT2D eigenvalue weighted by Crippen LogP contribution is 2.52. The molecule has 0 unspecified atom stereocenters. The van der Waals surface area contributed by atoms with Crippen LogP contribution in [0.1, 0.15) is 55.5 Å². The van der Waals surface area contributed by atoms with Gasteiger partial charge in [0.1, 0.15) is 0 Å². The number of rotatable bonds is 6. The van der Waals surface area contributed by atoms with Crippen LogP contribution in [0.25, 0.3) is 34.2 Å². The molecule has 1 aromatic heterocycles. The first kappa shape index (κ1) is 34.6. The highest BCUT2D eigenvalue weighted by atomic mass is 15.2. The highest BCUT2D eigenvalue weighted by molar-refractivity contribution is 5.86. The Morgan fingerprint density at radius 1 is 0.368 bits per heavy atom. The summed E-state index contributed by atoms with van der Waals surface area (Å²) < 4.78 is 0. The van der Waals surface area contributed by atoms with Gasteiger partial charge in [-0.15, -0.1) is 0 Å². The average molecular weight is 738 g/mol. The molecule has 0 bridgehead atoms. The molecule has 10 rings (SSSR count). The summed E-state index contributed by atoms with van der Waals surface area (Å²) >= 11 is 0. The fourth-order valence-corrected chi connectivity index (χ4v) is 8.92. The fraction of sp³-hybridized carbons (Fsp3) is 0.135. The summed E-state index contributed by atoms with van der Waals surface area (Å²) in [7, 11) is 0. The van der Waals surface area contributed by atoms with Crippen LogP contribution in [0.2, 0.25) is 0 Å². The van der Waals surface area contributed by atoms with E-state index in [1.807, 2.05) is 18.2 Å². The molecule has 0 saturated heterocycles. The van der Waals surface area contributed by atoms with E-state index in [9.17, 15) is 0 Å². The van der Waals surface area contributed by atoms with Gasteiger partial charge in [-0.1, -0.05) is 155 Å². The number of nitrogens with zero attached hydrogens (tertiary/aromatic N) is 5. The number of para-hydroxylation sites is 4. The molecule has 7 aromatic carbocycles. The molecule has 0 fully saturated rings. The summed E-state index contributed by atoms with van der Waals surface area (Å²) in [5.41, 5.74) is 15.1. The van der Waals surface area contributed by atoms with Crippen molar-refractivity contribution in [1.29, 1.82) is 0 Å². The minimum absolute atomic E-state index is 0.0810. The van der Waals surface area contributed by atoms with Crippen molar-refractivity contribution < 1.29 is 0 Å². The predicted octanol–water partition coefficient (Wildman–Crippen LogP) is 13.0. The third-order valence-electron chi connectivity index (χ3n) is 12.0. The molecule has 2 aliphatic rings. The average Bonchev–Trinajstić information content (AvgIpc) is 3.26. The molecule has 0 N–H and O–H groups in total. The van der Waals surface area contributed by atoms with Crippen molar-refractivity contribution in [2.24, 2.45) is 0 Å². The summed E-state index contributed by atoms with van der Waals surface area (Å²) in [5.74, 6) is 1.93. The van der Waals surface area contributed by atoms with Crippen molar-refractivity contribution in [2.75, 3.05) is 9.80 Å². The topological polar surface area (TPSA) is 45.2 Å². The number of hydrogen-bond acceptors (Lipinski definition) is 5. The monoisotopic (exact) mass is 737 g/mol. The van der Waals surface area contributed by atoms with Crippen LogP contribution in [0.4, 0.5) is 28.4 Å². The minimum atomic E-state index is -0.113. The third-order valence-corrected chi connectivity index (χ3v) is 12.0. The maximum absolute atomic E-state index is 5.11. The van der Waals surface area contributed by atoms with Gasteiger partial charge in [0.15, 0.2) is 17.5 Å². The molecule has 276 valence electrons. The zero-order valence-corrected chi connectivity index (χ0v) is 32.7. The van der Waals surface area contributed by atoms with Gasteiger partial charge >= 0.3 is 0 Å². The number of hydrogen-bond donors (Lipinski definition) is 0. The third kappa shape index (κ3) is 5.81. The fourth-order valence-electron chi connectivity index (χ4n) is 8.92.